The van der Waals surface area contributed by atoms with E-state index in [9.17, 15) is 9.59 Å². The molecule has 0 aliphatic carbocycles. The summed E-state index contributed by atoms with van der Waals surface area (Å²) in [6, 6.07) is 4.68. The maximum atomic E-state index is 12.4. The molecule has 0 unspecified atom stereocenters. The smallest absolute Gasteiger partial charge is 0.318 e. The Kier molecular flexibility index (Phi) is 6.28. The topological polar surface area (TPSA) is 79.9 Å². The zero-order valence-corrected chi connectivity index (χ0v) is 14.4. The molecule has 0 spiro atoms. The van der Waals surface area contributed by atoms with Gasteiger partial charge in [0.1, 0.15) is 17.5 Å². The molecule has 1 aliphatic rings. The van der Waals surface area contributed by atoms with Gasteiger partial charge in [0, 0.05) is 19.2 Å². The van der Waals surface area contributed by atoms with E-state index in [-0.39, 0.29) is 11.9 Å². The molecule has 132 valence electrons. The van der Waals surface area contributed by atoms with Crippen LogP contribution in [0.1, 0.15) is 24.8 Å². The zero-order valence-electron chi connectivity index (χ0n) is 14.4. The first kappa shape index (κ1) is 17.9. The number of hydrogen-bond donors (Lipinski definition) is 2. The van der Waals surface area contributed by atoms with Crippen molar-refractivity contribution in [1.29, 1.82) is 0 Å². The number of ether oxygens (including phenoxy) is 2. The molecule has 1 aromatic rings. The fourth-order valence-corrected chi connectivity index (χ4v) is 2.67. The molecule has 2 N–H and O–H groups in total. The maximum absolute atomic E-state index is 12.4. The summed E-state index contributed by atoms with van der Waals surface area (Å²) in [6.07, 6.45) is 2.51. The molecule has 0 radical (unpaired) electrons. The second kappa shape index (κ2) is 8.42. The third-order valence-electron chi connectivity index (χ3n) is 4.07. The Hall–Kier alpha value is -2.44. The van der Waals surface area contributed by atoms with E-state index < -0.39 is 6.04 Å². The Bertz CT molecular complexity index is 591. The number of hydrogen-bond acceptors (Lipinski definition) is 4. The van der Waals surface area contributed by atoms with Crippen LogP contribution in [0.5, 0.6) is 11.5 Å². The molecule has 7 heteroatoms. The van der Waals surface area contributed by atoms with E-state index in [1.54, 1.807) is 33.4 Å². The molecule has 7 nitrogen and oxygen atoms in total. The molecule has 1 heterocycles. The molecule has 24 heavy (non-hydrogen) atoms. The van der Waals surface area contributed by atoms with Crippen molar-refractivity contribution in [2.45, 2.75) is 31.8 Å². The number of nitrogens with zero attached hydrogens (tertiary/aromatic N) is 1. The van der Waals surface area contributed by atoms with Crippen molar-refractivity contribution in [3.63, 3.8) is 0 Å². The van der Waals surface area contributed by atoms with Crippen LogP contribution in [0, 0.1) is 0 Å². The number of rotatable bonds is 5. The first-order valence-electron chi connectivity index (χ1n) is 8.05. The fourth-order valence-electron chi connectivity index (χ4n) is 2.67. The van der Waals surface area contributed by atoms with Gasteiger partial charge in [0.15, 0.2) is 0 Å². The number of nitrogens with one attached hydrogen (secondary N) is 2. The van der Waals surface area contributed by atoms with E-state index in [2.05, 4.69) is 10.6 Å². The van der Waals surface area contributed by atoms with Gasteiger partial charge in [-0.15, -0.1) is 0 Å². The van der Waals surface area contributed by atoms with Crippen LogP contribution in [0.15, 0.2) is 18.2 Å². The summed E-state index contributed by atoms with van der Waals surface area (Å²) in [4.78, 5) is 25.8. The van der Waals surface area contributed by atoms with E-state index in [1.165, 1.54) is 4.90 Å². The van der Waals surface area contributed by atoms with Gasteiger partial charge in [-0.3, -0.25) is 4.79 Å². The van der Waals surface area contributed by atoms with Gasteiger partial charge < -0.3 is 25.0 Å². The van der Waals surface area contributed by atoms with Crippen LogP contribution < -0.4 is 20.1 Å². The highest BCUT2D eigenvalue weighted by Crippen LogP contribution is 2.25. The third-order valence-corrected chi connectivity index (χ3v) is 4.07. The summed E-state index contributed by atoms with van der Waals surface area (Å²) in [6.45, 7) is 1.02. The summed E-state index contributed by atoms with van der Waals surface area (Å²) >= 11 is 0. The summed E-state index contributed by atoms with van der Waals surface area (Å²) in [5, 5.41) is 5.61. The highest BCUT2D eigenvalue weighted by molar-refractivity contribution is 5.87. The second-order valence-corrected chi connectivity index (χ2v) is 5.82. The van der Waals surface area contributed by atoms with E-state index in [0.29, 0.717) is 31.0 Å². The molecule has 1 saturated heterocycles. The third kappa shape index (κ3) is 4.53. The van der Waals surface area contributed by atoms with Crippen molar-refractivity contribution in [2.24, 2.45) is 0 Å². The van der Waals surface area contributed by atoms with Gasteiger partial charge in [-0.2, -0.15) is 0 Å². The zero-order chi connectivity index (χ0) is 17.5. The standard InChI is InChI=1S/C17H25N3O4/c1-20(11-12-10-13(23-2)7-8-15(12)24-3)17(22)19-14-6-4-5-9-18-16(14)21/h7-8,10,14H,4-6,9,11H2,1-3H3,(H,18,21)(H,19,22)/t14-/m0/s1. The molecule has 1 aromatic carbocycles. The van der Waals surface area contributed by atoms with Gasteiger partial charge in [0.05, 0.1) is 20.8 Å². The van der Waals surface area contributed by atoms with Crippen LogP contribution >= 0.6 is 0 Å². The lowest BCUT2D eigenvalue weighted by Gasteiger charge is -2.23. The van der Waals surface area contributed by atoms with Crippen molar-refractivity contribution < 1.29 is 19.1 Å². The quantitative estimate of drug-likeness (QED) is 0.855. The molecule has 1 atom stereocenters. The van der Waals surface area contributed by atoms with Gasteiger partial charge >= 0.3 is 6.03 Å². The number of methoxy groups -OCH3 is 2. The summed E-state index contributed by atoms with van der Waals surface area (Å²) in [7, 11) is 4.86. The Morgan fingerprint density at radius 1 is 1.33 bits per heavy atom. The average Bonchev–Trinajstić information content (AvgIpc) is 2.79. The fraction of sp³-hybridized carbons (Fsp3) is 0.529. The van der Waals surface area contributed by atoms with Gasteiger partial charge in [-0.1, -0.05) is 0 Å². The molecule has 2 rings (SSSR count). The Balaban J connectivity index is 2.02. The minimum Gasteiger partial charge on any atom is -0.497 e. The Morgan fingerprint density at radius 3 is 2.83 bits per heavy atom. The summed E-state index contributed by atoms with van der Waals surface area (Å²) in [5.74, 6) is 1.26. The van der Waals surface area contributed by atoms with E-state index in [4.69, 9.17) is 9.47 Å². The van der Waals surface area contributed by atoms with Gasteiger partial charge in [-0.25, -0.2) is 4.79 Å². The molecular formula is C17H25N3O4. The second-order valence-electron chi connectivity index (χ2n) is 5.82. The van der Waals surface area contributed by atoms with Crippen molar-refractivity contribution in [1.82, 2.24) is 15.5 Å². The van der Waals surface area contributed by atoms with Crippen LogP contribution in [0.2, 0.25) is 0 Å². The highest BCUT2D eigenvalue weighted by Gasteiger charge is 2.24. The number of urea groups is 1. The summed E-state index contributed by atoms with van der Waals surface area (Å²) < 4.78 is 10.5. The van der Waals surface area contributed by atoms with Crippen LogP contribution in [-0.2, 0) is 11.3 Å². The predicted octanol–water partition coefficient (Wildman–Crippen LogP) is 1.51. The SMILES string of the molecule is COc1ccc(OC)c(CN(C)C(=O)N[C@H]2CCCCNC2=O)c1. The lowest BCUT2D eigenvalue weighted by atomic mass is 10.1. The van der Waals surface area contributed by atoms with Gasteiger partial charge in [0.25, 0.3) is 0 Å². The van der Waals surface area contributed by atoms with Crippen molar-refractivity contribution in [2.75, 3.05) is 27.8 Å². The van der Waals surface area contributed by atoms with Crippen molar-refractivity contribution in [3.05, 3.63) is 23.8 Å². The minimum absolute atomic E-state index is 0.117. The normalized spacial score (nSPS) is 17.5. The predicted molar refractivity (Wildman–Crippen MR) is 90.2 cm³/mol. The molecule has 0 aromatic heterocycles. The number of benzene rings is 1. The van der Waals surface area contributed by atoms with E-state index >= 15 is 0 Å². The van der Waals surface area contributed by atoms with Crippen molar-refractivity contribution in [3.8, 4) is 11.5 Å². The van der Waals surface area contributed by atoms with Crippen LogP contribution in [0.3, 0.4) is 0 Å². The maximum Gasteiger partial charge on any atom is 0.318 e. The lowest BCUT2D eigenvalue weighted by molar-refractivity contribution is -0.122. The first-order valence-corrected chi connectivity index (χ1v) is 8.05. The minimum atomic E-state index is -0.477. The number of amides is 3. The molecular weight excluding hydrogens is 310 g/mol. The van der Waals surface area contributed by atoms with Crippen molar-refractivity contribution >= 4 is 11.9 Å². The van der Waals surface area contributed by atoms with Crippen LogP contribution in [-0.4, -0.2) is 50.7 Å². The van der Waals surface area contributed by atoms with Gasteiger partial charge in [-0.05, 0) is 37.5 Å². The molecule has 0 bridgehead atoms. The summed E-state index contributed by atoms with van der Waals surface area (Å²) in [5.41, 5.74) is 0.833. The number of carbonyl (C=O) groups is 2. The molecule has 1 aliphatic heterocycles. The Morgan fingerprint density at radius 2 is 2.12 bits per heavy atom. The van der Waals surface area contributed by atoms with E-state index in [0.717, 1.165) is 18.4 Å². The Labute approximate surface area is 142 Å². The molecule has 3 amide bonds. The monoisotopic (exact) mass is 335 g/mol. The largest absolute Gasteiger partial charge is 0.497 e. The van der Waals surface area contributed by atoms with Crippen LogP contribution in [0.4, 0.5) is 4.79 Å². The molecule has 1 fully saturated rings. The number of carbonyl (C=O) groups excluding carboxylic acids is 2. The van der Waals surface area contributed by atoms with Crippen LogP contribution in [0.25, 0.3) is 0 Å². The van der Waals surface area contributed by atoms with E-state index in [1.807, 2.05) is 6.07 Å². The first-order chi connectivity index (χ1) is 11.5. The average molecular weight is 335 g/mol. The van der Waals surface area contributed by atoms with Gasteiger partial charge in [0.2, 0.25) is 5.91 Å². The highest BCUT2D eigenvalue weighted by atomic mass is 16.5. The lowest BCUT2D eigenvalue weighted by Crippen LogP contribution is -2.49. The molecule has 0 saturated carbocycles.